The van der Waals surface area contributed by atoms with Gasteiger partial charge in [0.1, 0.15) is 5.69 Å². The van der Waals surface area contributed by atoms with Gasteiger partial charge in [-0.25, -0.2) is 13.6 Å². The molecular formula is C15H16F2N2O2. The summed E-state index contributed by atoms with van der Waals surface area (Å²) in [5.41, 5.74) is 1.81. The number of benzene rings is 1. The molecule has 0 amide bonds. The second-order valence-electron chi connectivity index (χ2n) is 4.66. The highest BCUT2D eigenvalue weighted by Gasteiger charge is 2.11. The molecule has 0 radical (unpaired) electrons. The third-order valence-corrected chi connectivity index (χ3v) is 3.19. The summed E-state index contributed by atoms with van der Waals surface area (Å²) < 4.78 is 30.7. The van der Waals surface area contributed by atoms with E-state index in [0.717, 1.165) is 11.8 Å². The number of halogens is 2. The zero-order chi connectivity index (χ0) is 15.4. The van der Waals surface area contributed by atoms with Crippen molar-refractivity contribution in [2.75, 3.05) is 7.11 Å². The molecule has 6 heteroatoms. The summed E-state index contributed by atoms with van der Waals surface area (Å²) in [5, 5.41) is 3.16. The Morgan fingerprint density at radius 1 is 1.29 bits per heavy atom. The molecule has 21 heavy (non-hydrogen) atoms. The highest BCUT2D eigenvalue weighted by atomic mass is 19.2. The van der Waals surface area contributed by atoms with Gasteiger partial charge in [0.05, 0.1) is 7.11 Å². The van der Waals surface area contributed by atoms with E-state index in [4.69, 9.17) is 0 Å². The number of hydrogen-bond donors (Lipinski definition) is 2. The molecule has 0 saturated heterocycles. The molecule has 1 aromatic carbocycles. The van der Waals surface area contributed by atoms with Gasteiger partial charge in [-0.1, -0.05) is 6.07 Å². The van der Waals surface area contributed by atoms with Gasteiger partial charge in [0.25, 0.3) is 0 Å². The second kappa shape index (κ2) is 6.49. The molecule has 0 spiro atoms. The molecule has 2 rings (SSSR count). The highest BCUT2D eigenvalue weighted by Crippen LogP contribution is 2.16. The van der Waals surface area contributed by atoms with Crippen molar-refractivity contribution < 1.29 is 18.3 Å². The Kier molecular flexibility index (Phi) is 4.70. The summed E-state index contributed by atoms with van der Waals surface area (Å²) in [6, 6.07) is 7.03. The molecule has 1 unspecified atom stereocenters. The van der Waals surface area contributed by atoms with Crippen molar-refractivity contribution in [3.8, 4) is 0 Å². The van der Waals surface area contributed by atoms with E-state index >= 15 is 0 Å². The van der Waals surface area contributed by atoms with Gasteiger partial charge in [0.2, 0.25) is 0 Å². The van der Waals surface area contributed by atoms with Gasteiger partial charge in [-0.05, 0) is 36.8 Å². The molecule has 112 valence electrons. The van der Waals surface area contributed by atoms with Gasteiger partial charge in [-0.2, -0.15) is 0 Å². The van der Waals surface area contributed by atoms with Crippen molar-refractivity contribution in [2.45, 2.75) is 19.5 Å². The van der Waals surface area contributed by atoms with Crippen LogP contribution in [0.15, 0.2) is 30.3 Å². The maximum absolute atomic E-state index is 13.2. The Hall–Kier alpha value is -2.21. The number of methoxy groups -OCH3 is 1. The van der Waals surface area contributed by atoms with Crippen LogP contribution in [0.25, 0.3) is 0 Å². The third kappa shape index (κ3) is 3.66. The Morgan fingerprint density at radius 2 is 2.05 bits per heavy atom. The van der Waals surface area contributed by atoms with Gasteiger partial charge in [0, 0.05) is 18.3 Å². The number of carbonyl (C=O) groups excluding carboxylic acids is 1. The molecular weight excluding hydrogens is 278 g/mol. The second-order valence-corrected chi connectivity index (χ2v) is 4.66. The molecule has 0 fully saturated rings. The van der Waals surface area contributed by atoms with E-state index in [2.05, 4.69) is 15.0 Å². The van der Waals surface area contributed by atoms with Crippen LogP contribution in [0.4, 0.5) is 8.78 Å². The zero-order valence-electron chi connectivity index (χ0n) is 11.7. The summed E-state index contributed by atoms with van der Waals surface area (Å²) >= 11 is 0. The van der Waals surface area contributed by atoms with E-state index in [0.29, 0.717) is 17.8 Å². The normalized spacial score (nSPS) is 12.2. The van der Waals surface area contributed by atoms with Crippen LogP contribution >= 0.6 is 0 Å². The number of H-pyrrole nitrogens is 1. The number of nitrogens with one attached hydrogen (secondary N) is 2. The van der Waals surface area contributed by atoms with Crippen molar-refractivity contribution in [1.82, 2.24) is 10.3 Å². The van der Waals surface area contributed by atoms with Crippen LogP contribution in [0, 0.1) is 11.6 Å². The Labute approximate surface area is 121 Å². The van der Waals surface area contributed by atoms with E-state index in [1.807, 2.05) is 6.92 Å². The molecule has 4 nitrogen and oxygen atoms in total. The summed E-state index contributed by atoms with van der Waals surface area (Å²) in [6.07, 6.45) is 0. The SMILES string of the molecule is COC(=O)c1ccc(CNC(C)c2ccc(F)c(F)c2)[nH]1. The average molecular weight is 294 g/mol. The summed E-state index contributed by atoms with van der Waals surface area (Å²) in [6.45, 7) is 2.30. The van der Waals surface area contributed by atoms with E-state index < -0.39 is 17.6 Å². The van der Waals surface area contributed by atoms with Crippen molar-refractivity contribution in [2.24, 2.45) is 0 Å². The van der Waals surface area contributed by atoms with Gasteiger partial charge < -0.3 is 15.0 Å². The number of aromatic amines is 1. The van der Waals surface area contributed by atoms with Gasteiger partial charge in [-0.15, -0.1) is 0 Å². The quantitative estimate of drug-likeness (QED) is 0.834. The van der Waals surface area contributed by atoms with Crippen molar-refractivity contribution in [3.63, 3.8) is 0 Å². The first-order valence-corrected chi connectivity index (χ1v) is 6.45. The predicted molar refractivity (Wildman–Crippen MR) is 73.7 cm³/mol. The van der Waals surface area contributed by atoms with Gasteiger partial charge in [-0.3, -0.25) is 0 Å². The van der Waals surface area contributed by atoms with Crippen LogP contribution in [0.1, 0.15) is 34.7 Å². The smallest absolute Gasteiger partial charge is 0.354 e. The minimum Gasteiger partial charge on any atom is -0.464 e. The molecule has 0 aliphatic carbocycles. The monoisotopic (exact) mass is 294 g/mol. The lowest BCUT2D eigenvalue weighted by molar-refractivity contribution is 0.0594. The lowest BCUT2D eigenvalue weighted by Crippen LogP contribution is -2.18. The van der Waals surface area contributed by atoms with E-state index in [1.165, 1.54) is 19.2 Å². The first kappa shape index (κ1) is 15.2. The number of ether oxygens (including phenoxy) is 1. The number of carbonyl (C=O) groups is 1. The maximum Gasteiger partial charge on any atom is 0.354 e. The number of hydrogen-bond acceptors (Lipinski definition) is 3. The van der Waals surface area contributed by atoms with Crippen molar-refractivity contribution >= 4 is 5.97 Å². The number of rotatable bonds is 5. The Bertz CT molecular complexity index is 640. The summed E-state index contributed by atoms with van der Waals surface area (Å²) in [7, 11) is 1.31. The molecule has 0 aliphatic rings. The van der Waals surface area contributed by atoms with Crippen LogP contribution < -0.4 is 5.32 Å². The topological polar surface area (TPSA) is 54.1 Å². The molecule has 1 atom stereocenters. The van der Waals surface area contributed by atoms with Gasteiger partial charge >= 0.3 is 5.97 Å². The van der Waals surface area contributed by atoms with E-state index in [9.17, 15) is 13.6 Å². The fourth-order valence-electron chi connectivity index (χ4n) is 1.94. The van der Waals surface area contributed by atoms with Crippen LogP contribution in [0.2, 0.25) is 0 Å². The molecule has 2 N–H and O–H groups in total. The van der Waals surface area contributed by atoms with Crippen molar-refractivity contribution in [3.05, 3.63) is 58.9 Å². The molecule has 1 aromatic heterocycles. The maximum atomic E-state index is 13.2. The van der Waals surface area contributed by atoms with Crippen LogP contribution in [-0.4, -0.2) is 18.1 Å². The Morgan fingerprint density at radius 3 is 2.71 bits per heavy atom. The molecule has 0 aliphatic heterocycles. The van der Waals surface area contributed by atoms with Crippen LogP contribution in [0.3, 0.4) is 0 Å². The lowest BCUT2D eigenvalue weighted by atomic mass is 10.1. The van der Waals surface area contributed by atoms with E-state index in [-0.39, 0.29) is 6.04 Å². The van der Waals surface area contributed by atoms with Crippen LogP contribution in [0.5, 0.6) is 0 Å². The van der Waals surface area contributed by atoms with Crippen molar-refractivity contribution in [1.29, 1.82) is 0 Å². The summed E-state index contributed by atoms with van der Waals surface area (Å²) in [5.74, 6) is -2.16. The van der Waals surface area contributed by atoms with Gasteiger partial charge in [0.15, 0.2) is 11.6 Å². The lowest BCUT2D eigenvalue weighted by Gasteiger charge is -2.14. The zero-order valence-corrected chi connectivity index (χ0v) is 11.7. The molecule has 0 bridgehead atoms. The Balaban J connectivity index is 1.97. The predicted octanol–water partition coefficient (Wildman–Crippen LogP) is 2.93. The fraction of sp³-hybridized carbons (Fsp3) is 0.267. The fourth-order valence-corrected chi connectivity index (χ4v) is 1.94. The first-order valence-electron chi connectivity index (χ1n) is 6.45. The molecule has 0 saturated carbocycles. The minimum atomic E-state index is -0.867. The highest BCUT2D eigenvalue weighted by molar-refractivity contribution is 5.87. The minimum absolute atomic E-state index is 0.162. The van der Waals surface area contributed by atoms with E-state index in [1.54, 1.807) is 12.1 Å². The molecule has 1 heterocycles. The van der Waals surface area contributed by atoms with Crippen LogP contribution in [-0.2, 0) is 11.3 Å². The first-order chi connectivity index (χ1) is 10.0. The molecule has 2 aromatic rings. The average Bonchev–Trinajstić information content (AvgIpc) is 2.95. The largest absolute Gasteiger partial charge is 0.464 e. The summed E-state index contributed by atoms with van der Waals surface area (Å²) in [4.78, 5) is 14.2. The number of esters is 1. The number of aromatic nitrogens is 1. The third-order valence-electron chi connectivity index (χ3n) is 3.19. The standard InChI is InChI=1S/C15H16F2N2O2/c1-9(10-3-5-12(16)13(17)7-10)18-8-11-4-6-14(19-11)15(20)21-2/h3-7,9,18-19H,8H2,1-2H3.